The molecule has 0 saturated heterocycles. The van der Waals surface area contributed by atoms with Crippen LogP contribution < -0.4 is 5.32 Å². The van der Waals surface area contributed by atoms with Crippen molar-refractivity contribution in [3.05, 3.63) is 105 Å². The summed E-state index contributed by atoms with van der Waals surface area (Å²) in [6.45, 7) is 0. The third-order valence-electron chi connectivity index (χ3n) is 5.83. The zero-order valence-electron chi connectivity index (χ0n) is 14.4. The molecule has 0 radical (unpaired) electrons. The van der Waals surface area contributed by atoms with Crippen LogP contribution in [0.2, 0.25) is 0 Å². The summed E-state index contributed by atoms with van der Waals surface area (Å²) in [6.07, 6.45) is 0.814. The highest BCUT2D eigenvalue weighted by Gasteiger charge is 2.44. The molecule has 1 heterocycles. The summed E-state index contributed by atoms with van der Waals surface area (Å²) < 4.78 is 14.6. The summed E-state index contributed by atoms with van der Waals surface area (Å²) in [5.41, 5.74) is 4.91. The van der Waals surface area contributed by atoms with Crippen LogP contribution in [-0.2, 0) is 6.42 Å². The summed E-state index contributed by atoms with van der Waals surface area (Å²) in [6, 6.07) is 19.8. The Balaban J connectivity index is 1.71. The molecule has 0 saturated carbocycles. The fourth-order valence-corrected chi connectivity index (χ4v) is 4.70. The normalized spacial score (nSPS) is 22.3. The molecule has 134 valence electrons. The fraction of sp³-hybridized carbons (Fsp3) is 0.182. The minimum Gasteiger partial charge on any atom is -0.378 e. The van der Waals surface area contributed by atoms with E-state index in [1.54, 1.807) is 18.2 Å². The molecule has 3 aromatic carbocycles. The Morgan fingerprint density at radius 3 is 2.48 bits per heavy atom. The van der Waals surface area contributed by atoms with Crippen LogP contribution in [0.3, 0.4) is 0 Å². The molecule has 2 aliphatic rings. The van der Waals surface area contributed by atoms with Gasteiger partial charge in [-0.05, 0) is 41.2 Å². The maximum absolute atomic E-state index is 14.6. The van der Waals surface area contributed by atoms with Crippen molar-refractivity contribution in [2.45, 2.75) is 18.4 Å². The molecule has 0 spiro atoms. The number of rotatable bonds is 2. The van der Waals surface area contributed by atoms with E-state index in [1.807, 2.05) is 24.3 Å². The lowest BCUT2D eigenvalue weighted by Crippen LogP contribution is -2.31. The van der Waals surface area contributed by atoms with Crippen LogP contribution in [0, 0.1) is 21.8 Å². The van der Waals surface area contributed by atoms with Gasteiger partial charge in [-0.3, -0.25) is 10.1 Å². The number of nitrogens with zero attached hydrogens (tertiary/aromatic N) is 1. The lowest BCUT2D eigenvalue weighted by molar-refractivity contribution is -0.384. The molecule has 27 heavy (non-hydrogen) atoms. The summed E-state index contributed by atoms with van der Waals surface area (Å²) >= 11 is 0. The third kappa shape index (κ3) is 2.42. The topological polar surface area (TPSA) is 55.2 Å². The van der Waals surface area contributed by atoms with Gasteiger partial charge in [-0.2, -0.15) is 0 Å². The van der Waals surface area contributed by atoms with Gasteiger partial charge in [0.1, 0.15) is 5.82 Å². The van der Waals surface area contributed by atoms with Gasteiger partial charge in [0.15, 0.2) is 0 Å². The molecule has 5 rings (SSSR count). The molecule has 3 atom stereocenters. The van der Waals surface area contributed by atoms with E-state index < -0.39 is 0 Å². The Labute approximate surface area is 155 Å². The number of nitro benzene ring substituents is 1. The van der Waals surface area contributed by atoms with Crippen molar-refractivity contribution in [3.63, 3.8) is 0 Å². The Morgan fingerprint density at radius 1 is 0.963 bits per heavy atom. The Morgan fingerprint density at radius 2 is 1.70 bits per heavy atom. The first-order chi connectivity index (χ1) is 13.1. The highest BCUT2D eigenvalue weighted by molar-refractivity contribution is 5.65. The van der Waals surface area contributed by atoms with E-state index in [9.17, 15) is 14.5 Å². The van der Waals surface area contributed by atoms with Crippen molar-refractivity contribution in [1.82, 2.24) is 0 Å². The standard InChI is InChI=1S/C22H17FN2O2/c23-19-8-4-3-7-16(19)22-18-11-13-5-1-2-6-15(13)21(18)17-12-14(25(26)27)9-10-20(17)24-22/h1-10,12,18,21-22,24H,11H2. The maximum atomic E-state index is 14.6. The van der Waals surface area contributed by atoms with Crippen LogP contribution in [0.4, 0.5) is 15.8 Å². The Bertz CT molecular complexity index is 1070. The largest absolute Gasteiger partial charge is 0.378 e. The zero-order chi connectivity index (χ0) is 18.5. The summed E-state index contributed by atoms with van der Waals surface area (Å²) in [5.74, 6) is -0.106. The first kappa shape index (κ1) is 16.0. The number of non-ortho nitro benzene ring substituents is 1. The molecule has 3 unspecified atom stereocenters. The maximum Gasteiger partial charge on any atom is 0.269 e. The monoisotopic (exact) mass is 360 g/mol. The number of anilines is 1. The summed E-state index contributed by atoms with van der Waals surface area (Å²) in [5, 5.41) is 14.8. The van der Waals surface area contributed by atoms with Gasteiger partial charge in [-0.15, -0.1) is 0 Å². The van der Waals surface area contributed by atoms with E-state index in [4.69, 9.17) is 0 Å². The van der Waals surface area contributed by atoms with Gasteiger partial charge < -0.3 is 5.32 Å². The first-order valence-corrected chi connectivity index (χ1v) is 9.00. The van der Waals surface area contributed by atoms with Gasteiger partial charge in [-0.1, -0.05) is 42.5 Å². The molecule has 1 N–H and O–H groups in total. The van der Waals surface area contributed by atoms with E-state index in [0.717, 1.165) is 17.7 Å². The number of halogens is 1. The van der Waals surface area contributed by atoms with Crippen LogP contribution >= 0.6 is 0 Å². The molecule has 0 fully saturated rings. The highest BCUT2D eigenvalue weighted by Crippen LogP contribution is 2.54. The second kappa shape index (κ2) is 5.91. The lowest BCUT2D eigenvalue weighted by atomic mass is 9.75. The number of hydrogen-bond acceptors (Lipinski definition) is 3. The molecule has 5 heteroatoms. The second-order valence-electron chi connectivity index (χ2n) is 7.22. The van der Waals surface area contributed by atoms with E-state index in [1.165, 1.54) is 23.3 Å². The molecule has 0 amide bonds. The van der Waals surface area contributed by atoms with Crippen molar-refractivity contribution in [3.8, 4) is 0 Å². The molecule has 1 aliphatic heterocycles. The molecule has 1 aliphatic carbocycles. The number of nitrogens with one attached hydrogen (secondary N) is 1. The number of fused-ring (bicyclic) bond motifs is 5. The predicted molar refractivity (Wildman–Crippen MR) is 101 cm³/mol. The SMILES string of the molecule is O=[N+]([O-])c1ccc2c(c1)C1c3ccccc3CC1C(c1ccccc1F)N2. The van der Waals surface area contributed by atoms with Gasteiger partial charge in [0.25, 0.3) is 5.69 Å². The highest BCUT2D eigenvalue weighted by atomic mass is 19.1. The Hall–Kier alpha value is -3.21. The Kier molecular flexibility index (Phi) is 3.50. The van der Waals surface area contributed by atoms with E-state index in [0.29, 0.717) is 5.56 Å². The van der Waals surface area contributed by atoms with Crippen molar-refractivity contribution in [2.24, 2.45) is 5.92 Å². The molecule has 0 aromatic heterocycles. The van der Waals surface area contributed by atoms with Gasteiger partial charge >= 0.3 is 0 Å². The van der Waals surface area contributed by atoms with Crippen LogP contribution in [0.5, 0.6) is 0 Å². The fourth-order valence-electron chi connectivity index (χ4n) is 4.70. The van der Waals surface area contributed by atoms with Gasteiger partial charge in [0, 0.05) is 29.3 Å². The summed E-state index contributed by atoms with van der Waals surface area (Å²) in [7, 11) is 0. The van der Waals surface area contributed by atoms with E-state index in [-0.39, 0.29) is 34.3 Å². The minimum atomic E-state index is -0.362. The zero-order valence-corrected chi connectivity index (χ0v) is 14.4. The third-order valence-corrected chi connectivity index (χ3v) is 5.83. The quantitative estimate of drug-likeness (QED) is 0.504. The number of hydrogen-bond donors (Lipinski definition) is 1. The minimum absolute atomic E-state index is 0.0157. The van der Waals surface area contributed by atoms with Crippen molar-refractivity contribution in [2.75, 3.05) is 5.32 Å². The molecular formula is C22H17FN2O2. The first-order valence-electron chi connectivity index (χ1n) is 9.00. The average molecular weight is 360 g/mol. The van der Waals surface area contributed by atoms with E-state index >= 15 is 0 Å². The van der Waals surface area contributed by atoms with Gasteiger partial charge in [0.05, 0.1) is 11.0 Å². The number of nitro groups is 1. The number of benzene rings is 3. The second-order valence-corrected chi connectivity index (χ2v) is 7.22. The predicted octanol–water partition coefficient (Wildman–Crippen LogP) is 5.20. The summed E-state index contributed by atoms with van der Waals surface area (Å²) in [4.78, 5) is 10.9. The van der Waals surface area contributed by atoms with Gasteiger partial charge in [0.2, 0.25) is 0 Å². The molecule has 4 nitrogen and oxygen atoms in total. The lowest BCUT2D eigenvalue weighted by Gasteiger charge is -2.38. The molecule has 3 aromatic rings. The van der Waals surface area contributed by atoms with Crippen molar-refractivity contribution in [1.29, 1.82) is 0 Å². The van der Waals surface area contributed by atoms with Crippen LogP contribution in [0.1, 0.15) is 34.2 Å². The van der Waals surface area contributed by atoms with Crippen LogP contribution in [-0.4, -0.2) is 4.92 Å². The average Bonchev–Trinajstić information content (AvgIpc) is 3.07. The molecular weight excluding hydrogens is 343 g/mol. The molecule has 0 bridgehead atoms. The van der Waals surface area contributed by atoms with Crippen LogP contribution in [0.25, 0.3) is 0 Å². The van der Waals surface area contributed by atoms with Crippen LogP contribution in [0.15, 0.2) is 66.7 Å². The smallest absolute Gasteiger partial charge is 0.269 e. The van der Waals surface area contributed by atoms with E-state index in [2.05, 4.69) is 17.4 Å². The van der Waals surface area contributed by atoms with Crippen molar-refractivity contribution >= 4 is 11.4 Å². The van der Waals surface area contributed by atoms with Gasteiger partial charge in [-0.25, -0.2) is 4.39 Å². The van der Waals surface area contributed by atoms with Crippen molar-refractivity contribution < 1.29 is 9.31 Å².